The van der Waals surface area contributed by atoms with E-state index in [9.17, 15) is 4.79 Å². The number of hydrogen-bond acceptors (Lipinski definition) is 5. The maximum atomic E-state index is 12.7. The molecule has 1 aromatic rings. The Labute approximate surface area is 147 Å². The third kappa shape index (κ3) is 3.52. The van der Waals surface area contributed by atoms with E-state index >= 15 is 0 Å². The van der Waals surface area contributed by atoms with Crippen LogP contribution in [0, 0.1) is 5.92 Å². The average Bonchev–Trinajstić information content (AvgIpc) is 3.31. The highest BCUT2D eigenvalue weighted by atomic mass is 32.1. The van der Waals surface area contributed by atoms with Crippen LogP contribution >= 0.6 is 11.3 Å². The minimum atomic E-state index is 0.0344. The summed E-state index contributed by atoms with van der Waals surface area (Å²) in [4.78, 5) is 16.5. The number of nitrogens with one attached hydrogen (secondary N) is 1. The number of ether oxygens (including phenoxy) is 2. The van der Waals surface area contributed by atoms with E-state index in [1.54, 1.807) is 11.3 Å². The van der Waals surface area contributed by atoms with Gasteiger partial charge in [-0.1, -0.05) is 6.07 Å². The molecule has 5 nitrogen and oxygen atoms in total. The predicted octanol–water partition coefficient (Wildman–Crippen LogP) is 2.02. The van der Waals surface area contributed by atoms with Crippen molar-refractivity contribution in [3.63, 3.8) is 0 Å². The van der Waals surface area contributed by atoms with Gasteiger partial charge >= 0.3 is 0 Å². The van der Waals surface area contributed by atoms with Gasteiger partial charge in [-0.2, -0.15) is 0 Å². The Morgan fingerprint density at radius 1 is 1.29 bits per heavy atom. The second-order valence-electron chi connectivity index (χ2n) is 7.04. The smallest absolute Gasteiger partial charge is 0.224 e. The molecule has 1 amide bonds. The molecule has 0 aromatic carbocycles. The van der Waals surface area contributed by atoms with Gasteiger partial charge in [0, 0.05) is 43.3 Å². The number of hydrogen-bond donors (Lipinski definition) is 1. The minimum Gasteiger partial charge on any atom is -0.381 e. The summed E-state index contributed by atoms with van der Waals surface area (Å²) < 4.78 is 11.5. The molecule has 3 atom stereocenters. The number of thiophene rings is 1. The summed E-state index contributed by atoms with van der Waals surface area (Å²) in [6.07, 6.45) is 4.34. The summed E-state index contributed by atoms with van der Waals surface area (Å²) in [7, 11) is 0. The average molecular weight is 350 g/mol. The number of rotatable bonds is 4. The van der Waals surface area contributed by atoms with Crippen molar-refractivity contribution in [3.05, 3.63) is 22.4 Å². The van der Waals surface area contributed by atoms with E-state index in [1.165, 1.54) is 4.88 Å². The van der Waals surface area contributed by atoms with Crippen molar-refractivity contribution in [3.8, 4) is 0 Å². The van der Waals surface area contributed by atoms with Crippen molar-refractivity contribution in [2.24, 2.45) is 5.92 Å². The lowest BCUT2D eigenvalue weighted by Gasteiger charge is -2.45. The second kappa shape index (κ2) is 7.52. The third-order valence-corrected chi connectivity index (χ3v) is 6.47. The molecule has 6 heteroatoms. The highest BCUT2D eigenvalue weighted by molar-refractivity contribution is 7.09. The van der Waals surface area contributed by atoms with Gasteiger partial charge in [0.25, 0.3) is 0 Å². The van der Waals surface area contributed by atoms with Gasteiger partial charge in [-0.25, -0.2) is 0 Å². The number of carbonyl (C=O) groups excluding carboxylic acids is 1. The van der Waals surface area contributed by atoms with E-state index in [2.05, 4.69) is 16.3 Å². The van der Waals surface area contributed by atoms with Crippen LogP contribution in [0.5, 0.6) is 0 Å². The van der Waals surface area contributed by atoms with Crippen molar-refractivity contribution >= 4 is 17.2 Å². The molecule has 0 bridgehead atoms. The predicted molar refractivity (Wildman–Crippen MR) is 93.0 cm³/mol. The molecule has 1 N–H and O–H groups in total. The van der Waals surface area contributed by atoms with E-state index in [4.69, 9.17) is 9.47 Å². The quantitative estimate of drug-likeness (QED) is 0.903. The maximum absolute atomic E-state index is 12.7. The lowest BCUT2D eigenvalue weighted by molar-refractivity contribution is -0.131. The van der Waals surface area contributed by atoms with Crippen LogP contribution in [0.4, 0.5) is 0 Å². The van der Waals surface area contributed by atoms with Crippen LogP contribution < -0.4 is 5.32 Å². The molecule has 4 heterocycles. The topological polar surface area (TPSA) is 50.8 Å². The van der Waals surface area contributed by atoms with Crippen LogP contribution in [-0.4, -0.2) is 55.4 Å². The number of carbonyl (C=O) groups is 1. The molecule has 0 unspecified atom stereocenters. The largest absolute Gasteiger partial charge is 0.381 e. The van der Waals surface area contributed by atoms with Gasteiger partial charge in [0.2, 0.25) is 5.91 Å². The Balaban J connectivity index is 1.40. The first-order chi connectivity index (χ1) is 11.8. The molecule has 3 fully saturated rings. The number of amides is 1. The van der Waals surface area contributed by atoms with Gasteiger partial charge in [0.15, 0.2) is 0 Å². The van der Waals surface area contributed by atoms with Crippen LogP contribution in [0.25, 0.3) is 0 Å². The number of fused-ring (bicyclic) bond motifs is 1. The summed E-state index contributed by atoms with van der Waals surface area (Å²) in [5.41, 5.74) is 0. The summed E-state index contributed by atoms with van der Waals surface area (Å²) in [5.74, 6) is 0.210. The summed E-state index contributed by atoms with van der Waals surface area (Å²) in [6.45, 7) is 4.02. The van der Waals surface area contributed by atoms with Crippen molar-refractivity contribution in [2.75, 3.05) is 26.4 Å². The molecule has 0 spiro atoms. The molecule has 3 saturated heterocycles. The van der Waals surface area contributed by atoms with Gasteiger partial charge in [0.1, 0.15) is 0 Å². The van der Waals surface area contributed by atoms with E-state index in [1.807, 2.05) is 11.4 Å². The lowest BCUT2D eigenvalue weighted by atomic mass is 9.87. The molecule has 0 aliphatic carbocycles. The zero-order chi connectivity index (χ0) is 16.4. The lowest BCUT2D eigenvalue weighted by Crippen LogP contribution is -2.57. The molecule has 0 radical (unpaired) electrons. The fourth-order valence-corrected chi connectivity index (χ4v) is 4.99. The highest BCUT2D eigenvalue weighted by Gasteiger charge is 2.44. The van der Waals surface area contributed by atoms with E-state index in [0.717, 1.165) is 52.0 Å². The maximum Gasteiger partial charge on any atom is 0.224 e. The fourth-order valence-electron chi connectivity index (χ4n) is 4.34. The van der Waals surface area contributed by atoms with Crippen LogP contribution in [0.2, 0.25) is 0 Å². The molecular weight excluding hydrogens is 324 g/mol. The molecule has 3 aliphatic heterocycles. The standard InChI is InChI=1S/C18H26N2O3S/c21-18(19-11-15-2-1-9-24-15)13-10-17-16(5-8-23-17)20(12-13)14-3-6-22-7-4-14/h1-2,9,13-14,16-17H,3-8,10-12H2,(H,19,21)/t13-,16-,17-/m1/s1. The molecule has 0 saturated carbocycles. The Kier molecular flexibility index (Phi) is 5.17. The van der Waals surface area contributed by atoms with Gasteiger partial charge in [-0.05, 0) is 37.1 Å². The van der Waals surface area contributed by atoms with Crippen molar-refractivity contribution in [2.45, 2.75) is 50.4 Å². The third-order valence-electron chi connectivity index (χ3n) is 5.60. The zero-order valence-corrected chi connectivity index (χ0v) is 14.8. The van der Waals surface area contributed by atoms with Gasteiger partial charge in [-0.3, -0.25) is 9.69 Å². The first-order valence-electron chi connectivity index (χ1n) is 9.06. The SMILES string of the molecule is O=C(NCc1cccs1)[C@@H]1C[C@H]2OCC[C@H]2N(C2CCOCC2)C1. The van der Waals surface area contributed by atoms with Gasteiger partial charge < -0.3 is 14.8 Å². The monoisotopic (exact) mass is 350 g/mol. The normalized spacial score (nSPS) is 31.8. The number of nitrogens with zero attached hydrogens (tertiary/aromatic N) is 1. The second-order valence-corrected chi connectivity index (χ2v) is 8.07. The van der Waals surface area contributed by atoms with Gasteiger partial charge in [-0.15, -0.1) is 11.3 Å². The van der Waals surface area contributed by atoms with Crippen molar-refractivity contribution < 1.29 is 14.3 Å². The summed E-state index contributed by atoms with van der Waals surface area (Å²) >= 11 is 1.69. The van der Waals surface area contributed by atoms with E-state index in [0.29, 0.717) is 18.6 Å². The fraction of sp³-hybridized carbons (Fsp3) is 0.722. The summed E-state index contributed by atoms with van der Waals surface area (Å²) in [5, 5.41) is 5.17. The van der Waals surface area contributed by atoms with Crippen molar-refractivity contribution in [1.29, 1.82) is 0 Å². The Bertz CT molecular complexity index is 544. The first kappa shape index (κ1) is 16.5. The van der Waals surface area contributed by atoms with Gasteiger partial charge in [0.05, 0.1) is 18.6 Å². The van der Waals surface area contributed by atoms with Crippen LogP contribution in [0.1, 0.15) is 30.6 Å². The number of piperidine rings is 1. The highest BCUT2D eigenvalue weighted by Crippen LogP contribution is 2.34. The molecule has 24 heavy (non-hydrogen) atoms. The molecular formula is C18H26N2O3S. The van der Waals surface area contributed by atoms with Crippen LogP contribution in [0.3, 0.4) is 0 Å². The molecule has 132 valence electrons. The van der Waals surface area contributed by atoms with E-state index < -0.39 is 0 Å². The van der Waals surface area contributed by atoms with E-state index in [-0.39, 0.29) is 17.9 Å². The van der Waals surface area contributed by atoms with Crippen molar-refractivity contribution in [1.82, 2.24) is 10.2 Å². The van der Waals surface area contributed by atoms with Crippen LogP contribution in [0.15, 0.2) is 17.5 Å². The molecule has 4 rings (SSSR count). The minimum absolute atomic E-state index is 0.0344. The zero-order valence-electron chi connectivity index (χ0n) is 14.0. The Morgan fingerprint density at radius 3 is 2.96 bits per heavy atom. The molecule has 3 aliphatic rings. The Morgan fingerprint density at radius 2 is 2.17 bits per heavy atom. The van der Waals surface area contributed by atoms with Crippen LogP contribution in [-0.2, 0) is 20.8 Å². The first-order valence-corrected chi connectivity index (χ1v) is 9.94. The number of likely N-dealkylation sites (tertiary alicyclic amines) is 1. The summed E-state index contributed by atoms with van der Waals surface area (Å²) in [6, 6.07) is 5.13. The Hall–Kier alpha value is -0.950. The molecule has 1 aromatic heterocycles.